The molecule has 0 spiro atoms. The number of rotatable bonds is 4. The number of guanidine groups is 1. The second kappa shape index (κ2) is 10.00. The third kappa shape index (κ3) is 7.81. The average molecular weight is 368 g/mol. The van der Waals surface area contributed by atoms with E-state index < -0.39 is 5.60 Å². The molecule has 1 saturated heterocycles. The van der Waals surface area contributed by atoms with E-state index in [1.807, 2.05) is 20.8 Å². The second-order valence-corrected chi connectivity index (χ2v) is 8.41. The highest BCUT2D eigenvalue weighted by Crippen LogP contribution is 2.17. The summed E-state index contributed by atoms with van der Waals surface area (Å²) in [5.74, 6) is 0.573. The number of nitrogens with two attached hydrogens (primary N) is 1. The van der Waals surface area contributed by atoms with E-state index in [2.05, 4.69) is 15.2 Å². The third-order valence-electron chi connectivity index (χ3n) is 4.93. The van der Waals surface area contributed by atoms with E-state index >= 15 is 0 Å². The summed E-state index contributed by atoms with van der Waals surface area (Å²) >= 11 is 0. The van der Waals surface area contributed by atoms with Crippen molar-refractivity contribution in [2.75, 3.05) is 39.3 Å². The van der Waals surface area contributed by atoms with Crippen molar-refractivity contribution in [3.05, 3.63) is 0 Å². The van der Waals surface area contributed by atoms with Crippen molar-refractivity contribution in [3.63, 3.8) is 0 Å². The molecule has 1 heterocycles. The molecule has 1 saturated carbocycles. The maximum atomic E-state index is 12.1. The van der Waals surface area contributed by atoms with Gasteiger partial charge in [0, 0.05) is 38.8 Å². The molecule has 1 aliphatic heterocycles. The van der Waals surface area contributed by atoms with Crippen LogP contribution in [0.5, 0.6) is 0 Å². The lowest BCUT2D eigenvalue weighted by Gasteiger charge is -2.35. The van der Waals surface area contributed by atoms with Crippen molar-refractivity contribution in [2.45, 2.75) is 70.9 Å². The smallest absolute Gasteiger partial charge is 0.410 e. The summed E-state index contributed by atoms with van der Waals surface area (Å²) in [6, 6.07) is 0.485. The minimum Gasteiger partial charge on any atom is -0.444 e. The summed E-state index contributed by atoms with van der Waals surface area (Å²) in [5.41, 5.74) is 5.60. The van der Waals surface area contributed by atoms with E-state index in [9.17, 15) is 4.79 Å². The largest absolute Gasteiger partial charge is 0.444 e. The molecule has 0 aromatic carbocycles. The van der Waals surface area contributed by atoms with Gasteiger partial charge in [0.05, 0.1) is 6.54 Å². The zero-order chi connectivity index (χ0) is 19.0. The summed E-state index contributed by atoms with van der Waals surface area (Å²) in [7, 11) is 0. The highest BCUT2D eigenvalue weighted by molar-refractivity contribution is 5.78. The Morgan fingerprint density at radius 1 is 1.12 bits per heavy atom. The van der Waals surface area contributed by atoms with E-state index in [0.717, 1.165) is 19.6 Å². The molecule has 2 aliphatic rings. The average Bonchev–Trinajstić information content (AvgIpc) is 2.82. The van der Waals surface area contributed by atoms with Crippen LogP contribution in [0, 0.1) is 0 Å². The minimum absolute atomic E-state index is 0.216. The van der Waals surface area contributed by atoms with Crippen molar-refractivity contribution in [1.82, 2.24) is 15.1 Å². The van der Waals surface area contributed by atoms with E-state index in [4.69, 9.17) is 10.5 Å². The van der Waals surface area contributed by atoms with Gasteiger partial charge in [0.15, 0.2) is 5.96 Å². The van der Waals surface area contributed by atoms with Gasteiger partial charge in [-0.05, 0) is 33.6 Å². The lowest BCUT2D eigenvalue weighted by Crippen LogP contribution is -2.50. The van der Waals surface area contributed by atoms with Gasteiger partial charge in [-0.3, -0.25) is 9.89 Å². The molecule has 3 N–H and O–H groups in total. The SMILES string of the molecule is CC(C)(C)OC(=O)N1CCN(CCN=C(N)NC2CCCCCC2)CC1. The van der Waals surface area contributed by atoms with Crippen molar-refractivity contribution < 1.29 is 9.53 Å². The van der Waals surface area contributed by atoms with E-state index in [1.54, 1.807) is 4.90 Å². The van der Waals surface area contributed by atoms with Crippen molar-refractivity contribution >= 4 is 12.1 Å². The molecular weight excluding hydrogens is 330 g/mol. The Kier molecular flexibility index (Phi) is 8.00. The van der Waals surface area contributed by atoms with Gasteiger partial charge >= 0.3 is 6.09 Å². The van der Waals surface area contributed by atoms with Crippen molar-refractivity contribution in [1.29, 1.82) is 0 Å². The molecule has 0 aromatic rings. The maximum Gasteiger partial charge on any atom is 0.410 e. The molecule has 26 heavy (non-hydrogen) atoms. The normalized spacial score (nSPS) is 21.3. The molecule has 1 amide bonds. The molecule has 2 fully saturated rings. The van der Waals surface area contributed by atoms with Crippen LogP contribution in [0.25, 0.3) is 0 Å². The first kappa shape index (κ1) is 20.8. The summed E-state index contributed by atoms with van der Waals surface area (Å²) in [6.45, 7) is 10.4. The molecule has 0 radical (unpaired) electrons. The number of aliphatic imine (C=N–C) groups is 1. The van der Waals surface area contributed by atoms with Gasteiger partial charge < -0.3 is 20.7 Å². The summed E-state index contributed by atoms with van der Waals surface area (Å²) in [6.07, 6.45) is 7.42. The molecule has 7 heteroatoms. The topological polar surface area (TPSA) is 83.2 Å². The predicted octanol–water partition coefficient (Wildman–Crippen LogP) is 2.17. The first-order valence-corrected chi connectivity index (χ1v) is 10.1. The fourth-order valence-electron chi connectivity index (χ4n) is 3.47. The molecule has 0 aromatic heterocycles. The van der Waals surface area contributed by atoms with Crippen molar-refractivity contribution in [2.24, 2.45) is 10.7 Å². The molecule has 150 valence electrons. The molecule has 0 bridgehead atoms. The summed E-state index contributed by atoms with van der Waals surface area (Å²) in [5, 5.41) is 3.38. The summed E-state index contributed by atoms with van der Waals surface area (Å²) in [4.78, 5) is 20.7. The predicted molar refractivity (Wildman–Crippen MR) is 105 cm³/mol. The van der Waals surface area contributed by atoms with E-state index in [1.165, 1.54) is 38.5 Å². The van der Waals surface area contributed by atoms with Gasteiger partial charge in [-0.1, -0.05) is 25.7 Å². The van der Waals surface area contributed by atoms with Crippen LogP contribution in [0.3, 0.4) is 0 Å². The monoisotopic (exact) mass is 367 g/mol. The van der Waals surface area contributed by atoms with Crippen LogP contribution in [0.15, 0.2) is 4.99 Å². The second-order valence-electron chi connectivity index (χ2n) is 8.41. The van der Waals surface area contributed by atoms with Gasteiger partial charge in [-0.15, -0.1) is 0 Å². The number of carbonyl (C=O) groups excluding carboxylic acids is 1. The van der Waals surface area contributed by atoms with Crippen LogP contribution in [0.2, 0.25) is 0 Å². The molecule has 0 atom stereocenters. The Morgan fingerprint density at radius 3 is 2.31 bits per heavy atom. The first-order valence-electron chi connectivity index (χ1n) is 10.1. The van der Waals surface area contributed by atoms with Crippen molar-refractivity contribution in [3.8, 4) is 0 Å². The molecular formula is C19H37N5O2. The number of hydrogen-bond donors (Lipinski definition) is 2. The number of hydrogen-bond acceptors (Lipinski definition) is 4. The first-order chi connectivity index (χ1) is 12.3. The maximum absolute atomic E-state index is 12.1. The van der Waals surface area contributed by atoms with Crippen LogP contribution in [0.4, 0.5) is 4.79 Å². The van der Waals surface area contributed by atoms with Gasteiger partial charge in [-0.2, -0.15) is 0 Å². The van der Waals surface area contributed by atoms with Gasteiger partial charge in [0.25, 0.3) is 0 Å². The highest BCUT2D eigenvalue weighted by atomic mass is 16.6. The van der Waals surface area contributed by atoms with E-state index in [-0.39, 0.29) is 6.09 Å². The zero-order valence-electron chi connectivity index (χ0n) is 16.8. The standard InChI is InChI=1S/C19H37N5O2/c1-19(2,3)26-18(25)24-14-12-23(13-15-24)11-10-21-17(20)22-16-8-6-4-5-7-9-16/h16H,4-15H2,1-3H3,(H3,20,21,22). The fraction of sp³-hybridized carbons (Fsp3) is 0.895. The van der Waals surface area contributed by atoms with Crippen LogP contribution < -0.4 is 11.1 Å². The molecule has 1 aliphatic carbocycles. The number of carbonyl (C=O) groups is 1. The number of piperazine rings is 1. The number of ether oxygens (including phenoxy) is 1. The van der Waals surface area contributed by atoms with Gasteiger partial charge in [-0.25, -0.2) is 4.79 Å². The Hall–Kier alpha value is -1.50. The van der Waals surface area contributed by atoms with Gasteiger partial charge in [0.1, 0.15) is 5.60 Å². The van der Waals surface area contributed by atoms with Crippen LogP contribution in [-0.4, -0.2) is 72.8 Å². The third-order valence-corrected chi connectivity index (χ3v) is 4.93. The Morgan fingerprint density at radius 2 is 1.73 bits per heavy atom. The number of nitrogens with one attached hydrogen (secondary N) is 1. The highest BCUT2D eigenvalue weighted by Gasteiger charge is 2.25. The van der Waals surface area contributed by atoms with Crippen LogP contribution >= 0.6 is 0 Å². The van der Waals surface area contributed by atoms with Crippen LogP contribution in [0.1, 0.15) is 59.3 Å². The van der Waals surface area contributed by atoms with Crippen LogP contribution in [-0.2, 0) is 4.74 Å². The minimum atomic E-state index is -0.440. The molecule has 0 unspecified atom stereocenters. The number of amides is 1. The quantitative estimate of drug-likeness (QED) is 0.452. The van der Waals surface area contributed by atoms with E-state index in [0.29, 0.717) is 31.6 Å². The molecule has 7 nitrogen and oxygen atoms in total. The fourth-order valence-corrected chi connectivity index (χ4v) is 3.47. The van der Waals surface area contributed by atoms with Gasteiger partial charge in [0.2, 0.25) is 0 Å². The number of nitrogens with zero attached hydrogens (tertiary/aromatic N) is 3. The zero-order valence-corrected chi connectivity index (χ0v) is 16.8. The Bertz CT molecular complexity index is 459. The molecule has 2 rings (SSSR count). The lowest BCUT2D eigenvalue weighted by atomic mass is 10.1. The Balaban J connectivity index is 1.64. The Labute approximate surface area is 158 Å². The lowest BCUT2D eigenvalue weighted by molar-refractivity contribution is 0.0148. The summed E-state index contributed by atoms with van der Waals surface area (Å²) < 4.78 is 5.43.